The molecule has 0 bridgehead atoms. The Kier molecular flexibility index (Phi) is 2.35. The lowest BCUT2D eigenvalue weighted by Crippen LogP contribution is -2.49. The van der Waals surface area contributed by atoms with Crippen molar-refractivity contribution in [3.8, 4) is 0 Å². The molecule has 0 aromatic rings. The molecule has 1 fully saturated rings. The Hall–Kier alpha value is -0.200. The van der Waals surface area contributed by atoms with Gasteiger partial charge in [0, 0.05) is 7.77 Å². The summed E-state index contributed by atoms with van der Waals surface area (Å²) in [5.74, 6) is 0. The van der Waals surface area contributed by atoms with Gasteiger partial charge in [0.05, 0.1) is 12.7 Å². The Bertz CT molecular complexity index is 150. The summed E-state index contributed by atoms with van der Waals surface area (Å²) < 4.78 is 11.8. The van der Waals surface area contributed by atoms with Gasteiger partial charge in [-0.1, -0.05) is 0 Å². The molecule has 0 amide bonds. The van der Waals surface area contributed by atoms with E-state index in [9.17, 15) is 0 Å². The van der Waals surface area contributed by atoms with Crippen LogP contribution in [-0.4, -0.2) is 51.6 Å². The zero-order chi connectivity index (χ0) is 9.30. The van der Waals surface area contributed by atoms with Crippen molar-refractivity contribution in [1.29, 1.82) is 0 Å². The minimum absolute atomic E-state index is 0.498. The zero-order valence-electron chi connectivity index (χ0n) is 6.79. The summed E-state index contributed by atoms with van der Waals surface area (Å²) in [4.78, 5) is 0. The molecule has 1 saturated heterocycles. The molecular weight excluding hydrogens is 153 g/mol. The summed E-state index contributed by atoms with van der Waals surface area (Å²) >= 11 is 0. The first kappa shape index (κ1) is 7.45. The number of aliphatic hydroxyl groups is 4. The molecule has 5 atom stereocenters. The number of aliphatic hydroxyl groups excluding tert-OH is 4. The molecule has 1 heterocycles. The highest BCUT2D eigenvalue weighted by Gasteiger charge is 2.35. The third-order valence-corrected chi connectivity index (χ3v) is 1.59. The van der Waals surface area contributed by atoms with Gasteiger partial charge in [-0.05, 0) is 0 Å². The molecule has 0 aliphatic carbocycles. The van der Waals surface area contributed by atoms with Crippen molar-refractivity contribution in [3.05, 3.63) is 0 Å². The first-order chi connectivity index (χ1) is 5.57. The highest BCUT2D eigenvalue weighted by molar-refractivity contribution is 4.81. The lowest BCUT2D eigenvalue weighted by Gasteiger charge is -2.33. The van der Waals surface area contributed by atoms with E-state index in [2.05, 4.69) is 4.74 Å². The fourth-order valence-electron chi connectivity index (χ4n) is 0.958. The van der Waals surface area contributed by atoms with Crippen molar-refractivity contribution in [3.63, 3.8) is 0 Å². The molecular formula is C6H12O5. The predicted octanol–water partition coefficient (Wildman–Crippen LogP) is -2.19. The van der Waals surface area contributed by atoms with Crippen molar-refractivity contribution >= 4 is 0 Å². The first-order valence-corrected chi connectivity index (χ1v) is 3.30. The highest BCUT2D eigenvalue weighted by Crippen LogP contribution is 2.18. The minimum atomic E-state index is -1.46. The first-order valence-electron chi connectivity index (χ1n) is 3.88. The molecule has 0 saturated carbocycles. The molecule has 4 N–H and O–H groups in total. The van der Waals surface area contributed by atoms with Crippen LogP contribution < -0.4 is 0 Å². The molecule has 1 aliphatic heterocycles. The summed E-state index contributed by atoms with van der Waals surface area (Å²) in [6, 6.07) is 0. The van der Waals surface area contributed by atoms with Gasteiger partial charge in [0.25, 0.3) is 0 Å². The molecule has 0 aromatic carbocycles. The summed E-state index contributed by atoms with van der Waals surface area (Å²) in [6.45, 7) is -0.498. The second-order valence-electron chi connectivity index (χ2n) is 2.42. The smallest absolute Gasteiger partial charge is 0.157 e. The Labute approximate surface area is 65.3 Å². The molecule has 5 heteroatoms. The topological polar surface area (TPSA) is 90.2 Å². The number of ether oxygens (including phenoxy) is 1. The van der Waals surface area contributed by atoms with Crippen molar-refractivity contribution in [2.45, 2.75) is 31.0 Å². The van der Waals surface area contributed by atoms with Gasteiger partial charge < -0.3 is 25.2 Å². The molecule has 5 nitrogen and oxygen atoms in total. The maximum Gasteiger partial charge on any atom is 0.157 e. The fraction of sp³-hybridized carbons (Fsp3) is 1.00. The molecule has 2 unspecified atom stereocenters. The summed E-state index contributed by atoms with van der Waals surface area (Å²) in [6.07, 6.45) is -6.47. The lowest BCUT2D eigenvalue weighted by molar-refractivity contribution is -0.239. The second-order valence-corrected chi connectivity index (χ2v) is 2.42. The molecule has 1 aliphatic rings. The number of hydrogen-bond acceptors (Lipinski definition) is 5. The Morgan fingerprint density at radius 1 is 1.45 bits per heavy atom. The fourth-order valence-corrected chi connectivity index (χ4v) is 0.958. The van der Waals surface area contributed by atoms with E-state index in [1.807, 2.05) is 0 Å². The maximum absolute atomic E-state index is 9.16. The van der Waals surface area contributed by atoms with Gasteiger partial charge in [0.1, 0.15) is 12.2 Å². The molecule has 66 valence electrons. The summed E-state index contributed by atoms with van der Waals surface area (Å²) in [5.41, 5.74) is 0. The largest absolute Gasteiger partial charge is 0.394 e. The van der Waals surface area contributed by atoms with Gasteiger partial charge >= 0.3 is 0 Å². The monoisotopic (exact) mass is 166 g/mol. The van der Waals surface area contributed by atoms with Gasteiger partial charge in [0.15, 0.2) is 6.29 Å². The van der Waals surface area contributed by atoms with Crippen LogP contribution >= 0.6 is 0 Å². The van der Waals surface area contributed by atoms with Crippen LogP contribution in [0.2, 0.25) is 0 Å². The quantitative estimate of drug-likeness (QED) is 0.332. The van der Waals surface area contributed by atoms with E-state index in [0.29, 0.717) is 0 Å². The number of hydrogen-bond donors (Lipinski definition) is 4. The van der Waals surface area contributed by atoms with E-state index < -0.39 is 37.6 Å². The van der Waals surface area contributed by atoms with Crippen LogP contribution in [0.3, 0.4) is 0 Å². The van der Waals surface area contributed by atoms with Crippen molar-refractivity contribution in [2.24, 2.45) is 0 Å². The molecule has 0 radical (unpaired) electrons. The predicted molar refractivity (Wildman–Crippen MR) is 34.6 cm³/mol. The van der Waals surface area contributed by atoms with Gasteiger partial charge in [-0.15, -0.1) is 0 Å². The minimum Gasteiger partial charge on any atom is -0.394 e. The van der Waals surface area contributed by atoms with Crippen LogP contribution in [0.4, 0.5) is 0 Å². The Balaban J connectivity index is 2.63. The second kappa shape index (κ2) is 3.46. The van der Waals surface area contributed by atoms with Crippen LogP contribution in [0.5, 0.6) is 0 Å². The third-order valence-electron chi connectivity index (χ3n) is 1.59. The SMILES string of the molecule is [2H][13CH]1C(O)O[C@H](CO)[C@@H](O)[C@@H]1O. The van der Waals surface area contributed by atoms with Gasteiger partial charge in [-0.25, -0.2) is 0 Å². The van der Waals surface area contributed by atoms with E-state index in [1.54, 1.807) is 0 Å². The molecule has 1 rings (SSSR count). The third kappa shape index (κ3) is 1.88. The summed E-state index contributed by atoms with van der Waals surface area (Å²) in [5, 5.41) is 35.9. The van der Waals surface area contributed by atoms with Crippen molar-refractivity contribution in [2.75, 3.05) is 6.61 Å². The standard InChI is InChI=1S/C6H12O5/c7-2-4-6(10)3(8)1-5(9)11-4/h3-10H,1-2H2/t3-,4-,5?,6+/m1/s1/i1+1D/t1?,3-,4-,5?,6+. The van der Waals surface area contributed by atoms with Crippen molar-refractivity contribution < 1.29 is 26.5 Å². The maximum atomic E-state index is 9.16. The van der Waals surface area contributed by atoms with Gasteiger partial charge in [0.2, 0.25) is 0 Å². The van der Waals surface area contributed by atoms with Crippen LogP contribution in [0.15, 0.2) is 0 Å². The zero-order valence-corrected chi connectivity index (χ0v) is 5.79. The van der Waals surface area contributed by atoms with Gasteiger partial charge in [-0.3, -0.25) is 0 Å². The average Bonchev–Trinajstić information content (AvgIpc) is 2.08. The average molecular weight is 166 g/mol. The van der Waals surface area contributed by atoms with Crippen LogP contribution in [0.25, 0.3) is 0 Å². The Morgan fingerprint density at radius 2 is 2.09 bits per heavy atom. The summed E-state index contributed by atoms with van der Waals surface area (Å²) in [7, 11) is 0. The van der Waals surface area contributed by atoms with Crippen LogP contribution in [0.1, 0.15) is 7.77 Å². The molecule has 11 heavy (non-hydrogen) atoms. The van der Waals surface area contributed by atoms with Gasteiger partial charge in [-0.2, -0.15) is 0 Å². The molecule has 0 aromatic heterocycles. The Morgan fingerprint density at radius 3 is 2.64 bits per heavy atom. The van der Waals surface area contributed by atoms with Crippen LogP contribution in [-0.2, 0) is 4.74 Å². The normalized spacial score (nSPS) is 53.8. The van der Waals surface area contributed by atoms with E-state index in [0.717, 1.165) is 0 Å². The number of rotatable bonds is 1. The van der Waals surface area contributed by atoms with E-state index in [4.69, 9.17) is 21.8 Å². The van der Waals surface area contributed by atoms with E-state index in [-0.39, 0.29) is 0 Å². The van der Waals surface area contributed by atoms with Crippen molar-refractivity contribution in [1.82, 2.24) is 0 Å². The van der Waals surface area contributed by atoms with E-state index >= 15 is 0 Å². The highest BCUT2D eigenvalue weighted by atomic mass is 16.6. The van der Waals surface area contributed by atoms with E-state index in [1.165, 1.54) is 0 Å². The molecule has 0 spiro atoms. The van der Waals surface area contributed by atoms with Crippen LogP contribution in [0, 0.1) is 0 Å². The lowest BCUT2D eigenvalue weighted by atomic mass is 10.1.